The lowest BCUT2D eigenvalue weighted by molar-refractivity contribution is -0.144. The van der Waals surface area contributed by atoms with Crippen molar-refractivity contribution in [3.8, 4) is 0 Å². The van der Waals surface area contributed by atoms with E-state index in [1.807, 2.05) is 0 Å². The Hall–Kier alpha value is -2.12. The zero-order chi connectivity index (χ0) is 11.9. The normalized spacial score (nSPS) is 11.9. The molecule has 2 aromatic rings. The van der Waals surface area contributed by atoms with Crippen LogP contribution in [0.4, 0.5) is 18.9 Å². The largest absolute Gasteiger partial charge is 0.449 e. The molecule has 0 saturated heterocycles. The van der Waals surface area contributed by atoms with E-state index in [0.717, 1.165) is 12.4 Å². The Bertz CT molecular complexity index is 604. The van der Waals surface area contributed by atoms with Gasteiger partial charge in [-0.25, -0.2) is 4.98 Å². The number of anilines is 1. The summed E-state index contributed by atoms with van der Waals surface area (Å²) in [7, 11) is 0. The number of hydrogen-bond donors (Lipinski definition) is 2. The summed E-state index contributed by atoms with van der Waals surface area (Å²) in [6.45, 7) is 0. The van der Waals surface area contributed by atoms with Crippen LogP contribution in [-0.2, 0) is 6.18 Å². The van der Waals surface area contributed by atoms with Crippen LogP contribution in [0.5, 0.6) is 0 Å². The number of fused-ring (bicyclic) bond motifs is 1. The highest BCUT2D eigenvalue weighted by Crippen LogP contribution is 2.26. The highest BCUT2D eigenvalue weighted by atomic mass is 19.4. The van der Waals surface area contributed by atoms with Crippen molar-refractivity contribution in [2.24, 2.45) is 0 Å². The van der Waals surface area contributed by atoms with Gasteiger partial charge < -0.3 is 10.7 Å². The van der Waals surface area contributed by atoms with Crippen LogP contribution >= 0.6 is 0 Å². The third-order valence-electron chi connectivity index (χ3n) is 1.91. The van der Waals surface area contributed by atoms with Crippen LogP contribution in [0.1, 0.15) is 5.82 Å². The predicted octanol–water partition coefficient (Wildman–Crippen LogP) is 0.919. The Morgan fingerprint density at radius 3 is 2.62 bits per heavy atom. The van der Waals surface area contributed by atoms with Crippen molar-refractivity contribution in [2.75, 3.05) is 5.73 Å². The zero-order valence-electron chi connectivity index (χ0n) is 7.67. The van der Waals surface area contributed by atoms with Crippen LogP contribution < -0.4 is 11.3 Å². The Labute approximate surface area is 86.1 Å². The molecule has 0 amide bonds. The number of pyridine rings is 1. The first-order valence-electron chi connectivity index (χ1n) is 4.10. The van der Waals surface area contributed by atoms with Gasteiger partial charge in [-0.15, -0.1) is 0 Å². The van der Waals surface area contributed by atoms with Gasteiger partial charge in [0.05, 0.1) is 17.3 Å². The van der Waals surface area contributed by atoms with E-state index in [4.69, 9.17) is 5.73 Å². The summed E-state index contributed by atoms with van der Waals surface area (Å²) in [4.78, 5) is 19.8. The van der Waals surface area contributed by atoms with E-state index in [1.165, 1.54) is 0 Å². The average molecular weight is 230 g/mol. The minimum absolute atomic E-state index is 0.0749. The second-order valence-corrected chi connectivity index (χ2v) is 3.04. The number of aromatic nitrogens is 3. The molecule has 0 atom stereocenters. The van der Waals surface area contributed by atoms with Crippen molar-refractivity contribution >= 4 is 16.6 Å². The van der Waals surface area contributed by atoms with Gasteiger partial charge in [0.1, 0.15) is 5.52 Å². The number of halogens is 3. The minimum atomic E-state index is -4.72. The molecule has 3 N–H and O–H groups in total. The summed E-state index contributed by atoms with van der Waals surface area (Å²) < 4.78 is 37.0. The Morgan fingerprint density at radius 1 is 1.31 bits per heavy atom. The van der Waals surface area contributed by atoms with Gasteiger partial charge in [-0.3, -0.25) is 9.78 Å². The molecular formula is C8H5F3N4O. The van der Waals surface area contributed by atoms with Crippen molar-refractivity contribution < 1.29 is 13.2 Å². The van der Waals surface area contributed by atoms with Crippen molar-refractivity contribution in [1.29, 1.82) is 0 Å². The SMILES string of the molecule is Nc1cncc2c(=O)[nH]c(C(F)(F)F)nc12. The molecule has 84 valence electrons. The quantitative estimate of drug-likeness (QED) is 0.704. The van der Waals surface area contributed by atoms with Crippen LogP contribution in [-0.4, -0.2) is 15.0 Å². The average Bonchev–Trinajstić information content (AvgIpc) is 2.18. The lowest BCUT2D eigenvalue weighted by atomic mass is 10.3. The summed E-state index contributed by atoms with van der Waals surface area (Å²) in [6, 6.07) is 0. The van der Waals surface area contributed by atoms with E-state index in [0.29, 0.717) is 0 Å². The number of H-pyrrole nitrogens is 1. The smallest absolute Gasteiger partial charge is 0.396 e. The van der Waals surface area contributed by atoms with E-state index >= 15 is 0 Å². The maximum absolute atomic E-state index is 12.3. The van der Waals surface area contributed by atoms with Crippen molar-refractivity contribution in [1.82, 2.24) is 15.0 Å². The molecule has 2 rings (SSSR count). The summed E-state index contributed by atoms with van der Waals surface area (Å²) in [5.74, 6) is -1.37. The third-order valence-corrected chi connectivity index (χ3v) is 1.91. The van der Waals surface area contributed by atoms with Crippen LogP contribution in [0, 0.1) is 0 Å². The summed E-state index contributed by atoms with van der Waals surface area (Å²) in [6.07, 6.45) is -2.48. The standard InChI is InChI=1S/C8H5F3N4O/c9-8(10,11)7-14-5-3(6(16)15-7)1-13-2-4(5)12/h1-2H,12H2,(H,14,15,16). The predicted molar refractivity (Wildman–Crippen MR) is 49.6 cm³/mol. The number of nitrogens with one attached hydrogen (secondary N) is 1. The molecule has 16 heavy (non-hydrogen) atoms. The van der Waals surface area contributed by atoms with Gasteiger partial charge in [0.15, 0.2) is 0 Å². The van der Waals surface area contributed by atoms with Crippen LogP contribution in [0.15, 0.2) is 17.2 Å². The molecule has 8 heteroatoms. The van der Waals surface area contributed by atoms with Crippen molar-refractivity contribution in [2.45, 2.75) is 6.18 Å². The van der Waals surface area contributed by atoms with E-state index in [2.05, 4.69) is 9.97 Å². The Balaban J connectivity index is 2.86. The van der Waals surface area contributed by atoms with Crippen molar-refractivity contribution in [3.63, 3.8) is 0 Å². The highest BCUT2D eigenvalue weighted by Gasteiger charge is 2.34. The number of nitrogens with two attached hydrogens (primary N) is 1. The molecule has 0 fully saturated rings. The Kier molecular flexibility index (Phi) is 2.07. The van der Waals surface area contributed by atoms with Gasteiger partial charge >= 0.3 is 6.18 Å². The molecule has 0 aliphatic rings. The Morgan fingerprint density at radius 2 is 2.00 bits per heavy atom. The first-order chi connectivity index (χ1) is 7.39. The minimum Gasteiger partial charge on any atom is -0.396 e. The number of hydrogen-bond acceptors (Lipinski definition) is 4. The molecule has 0 saturated carbocycles. The molecule has 0 bridgehead atoms. The fourth-order valence-electron chi connectivity index (χ4n) is 1.21. The number of nitrogens with zero attached hydrogens (tertiary/aromatic N) is 2. The van der Waals surface area contributed by atoms with Crippen molar-refractivity contribution in [3.05, 3.63) is 28.6 Å². The topological polar surface area (TPSA) is 84.7 Å². The summed E-state index contributed by atoms with van der Waals surface area (Å²) in [5, 5.41) is -0.0759. The van der Waals surface area contributed by atoms with E-state index in [1.54, 1.807) is 4.98 Å². The first kappa shape index (κ1) is 10.4. The molecule has 0 unspecified atom stereocenters. The lowest BCUT2D eigenvalue weighted by Gasteiger charge is -2.06. The van der Waals surface area contributed by atoms with Crippen LogP contribution in [0.3, 0.4) is 0 Å². The van der Waals surface area contributed by atoms with Gasteiger partial charge in [-0.2, -0.15) is 13.2 Å². The highest BCUT2D eigenvalue weighted by molar-refractivity contribution is 5.87. The molecular weight excluding hydrogens is 225 g/mol. The molecule has 0 spiro atoms. The number of rotatable bonds is 0. The summed E-state index contributed by atoms with van der Waals surface area (Å²) in [5.41, 5.74) is 4.20. The van der Waals surface area contributed by atoms with Gasteiger partial charge in [0.2, 0.25) is 5.82 Å². The molecule has 0 aromatic carbocycles. The summed E-state index contributed by atoms with van der Waals surface area (Å²) >= 11 is 0. The number of nitrogen functional groups attached to an aromatic ring is 1. The van der Waals surface area contributed by atoms with Crippen LogP contribution in [0.2, 0.25) is 0 Å². The monoisotopic (exact) mass is 230 g/mol. The molecule has 2 aromatic heterocycles. The molecule has 5 nitrogen and oxygen atoms in total. The van der Waals surface area contributed by atoms with E-state index in [-0.39, 0.29) is 16.6 Å². The molecule has 0 radical (unpaired) electrons. The van der Waals surface area contributed by atoms with Gasteiger partial charge in [0.25, 0.3) is 5.56 Å². The lowest BCUT2D eigenvalue weighted by Crippen LogP contribution is -2.19. The first-order valence-corrected chi connectivity index (χ1v) is 4.10. The van der Waals surface area contributed by atoms with Gasteiger partial charge in [-0.05, 0) is 0 Å². The third kappa shape index (κ3) is 1.58. The van der Waals surface area contributed by atoms with Gasteiger partial charge in [-0.1, -0.05) is 0 Å². The second kappa shape index (κ2) is 3.19. The zero-order valence-corrected chi connectivity index (χ0v) is 7.67. The number of aromatic amines is 1. The maximum atomic E-state index is 12.3. The molecule has 0 aliphatic carbocycles. The molecule has 0 aliphatic heterocycles. The molecule has 2 heterocycles. The fraction of sp³-hybridized carbons (Fsp3) is 0.125. The second-order valence-electron chi connectivity index (χ2n) is 3.04. The fourth-order valence-corrected chi connectivity index (χ4v) is 1.21. The van der Waals surface area contributed by atoms with E-state index in [9.17, 15) is 18.0 Å². The van der Waals surface area contributed by atoms with E-state index < -0.39 is 17.6 Å². The van der Waals surface area contributed by atoms with Crippen LogP contribution in [0.25, 0.3) is 10.9 Å². The maximum Gasteiger partial charge on any atom is 0.449 e. The number of alkyl halides is 3. The van der Waals surface area contributed by atoms with Gasteiger partial charge in [0, 0.05) is 6.20 Å².